The highest BCUT2D eigenvalue weighted by Gasteiger charge is 2.05. The molecular formula is C15H12ClN. The third kappa shape index (κ3) is 1.73. The lowest BCUT2D eigenvalue weighted by molar-refractivity contribution is 1.10. The topological polar surface area (TPSA) is 4.93 Å². The molecule has 0 aliphatic rings. The Morgan fingerprint density at radius 3 is 2.65 bits per heavy atom. The van der Waals surface area contributed by atoms with Crippen LogP contribution in [-0.4, -0.2) is 4.57 Å². The number of hydrogen-bond acceptors (Lipinski definition) is 0. The second kappa shape index (κ2) is 3.94. The van der Waals surface area contributed by atoms with E-state index in [4.69, 9.17) is 11.6 Å². The summed E-state index contributed by atoms with van der Waals surface area (Å²) in [7, 11) is 0. The summed E-state index contributed by atoms with van der Waals surface area (Å²) in [6, 6.07) is 16.4. The molecule has 1 nitrogen and oxygen atoms in total. The molecule has 0 saturated carbocycles. The molecule has 0 atom stereocenters. The van der Waals surface area contributed by atoms with E-state index < -0.39 is 0 Å². The second-order valence-corrected chi connectivity index (χ2v) is 4.61. The van der Waals surface area contributed by atoms with Gasteiger partial charge in [0, 0.05) is 22.3 Å². The SMILES string of the molecule is Cc1ccccc1-n1ccc2ccc(Cl)cc21. The van der Waals surface area contributed by atoms with Gasteiger partial charge >= 0.3 is 0 Å². The molecule has 0 unspecified atom stereocenters. The number of aryl methyl sites for hydroxylation is 1. The maximum atomic E-state index is 6.06. The number of rotatable bonds is 1. The molecule has 3 rings (SSSR count). The Morgan fingerprint density at radius 2 is 1.82 bits per heavy atom. The third-order valence-electron chi connectivity index (χ3n) is 3.03. The van der Waals surface area contributed by atoms with Crippen LogP contribution in [-0.2, 0) is 0 Å². The van der Waals surface area contributed by atoms with E-state index in [0.29, 0.717) is 0 Å². The first-order valence-electron chi connectivity index (χ1n) is 5.58. The summed E-state index contributed by atoms with van der Waals surface area (Å²) in [5.41, 5.74) is 3.60. The van der Waals surface area contributed by atoms with Gasteiger partial charge in [0.25, 0.3) is 0 Å². The van der Waals surface area contributed by atoms with Gasteiger partial charge in [-0.25, -0.2) is 0 Å². The van der Waals surface area contributed by atoms with E-state index in [1.807, 2.05) is 18.2 Å². The average Bonchev–Trinajstić information content (AvgIpc) is 2.72. The Bertz CT molecular complexity index is 682. The molecule has 0 aliphatic carbocycles. The predicted octanol–water partition coefficient (Wildman–Crippen LogP) is 4.59. The fourth-order valence-electron chi connectivity index (χ4n) is 2.15. The zero-order valence-electron chi connectivity index (χ0n) is 9.52. The van der Waals surface area contributed by atoms with Crippen molar-refractivity contribution in [3.8, 4) is 5.69 Å². The van der Waals surface area contributed by atoms with Crippen LogP contribution in [0.2, 0.25) is 5.02 Å². The summed E-state index contributed by atoms with van der Waals surface area (Å²) in [6.45, 7) is 2.12. The monoisotopic (exact) mass is 241 g/mol. The number of fused-ring (bicyclic) bond motifs is 1. The molecule has 0 spiro atoms. The predicted molar refractivity (Wildman–Crippen MR) is 73.0 cm³/mol. The molecule has 2 heteroatoms. The summed E-state index contributed by atoms with van der Waals surface area (Å²) in [6.07, 6.45) is 2.09. The summed E-state index contributed by atoms with van der Waals surface area (Å²) >= 11 is 6.06. The minimum atomic E-state index is 0.769. The maximum absolute atomic E-state index is 6.06. The van der Waals surface area contributed by atoms with E-state index in [9.17, 15) is 0 Å². The molecule has 0 bridgehead atoms. The van der Waals surface area contributed by atoms with Crippen molar-refractivity contribution in [1.82, 2.24) is 4.57 Å². The first kappa shape index (κ1) is 10.4. The number of hydrogen-bond donors (Lipinski definition) is 0. The van der Waals surface area contributed by atoms with Crippen LogP contribution in [0.5, 0.6) is 0 Å². The van der Waals surface area contributed by atoms with E-state index in [0.717, 1.165) is 10.5 Å². The van der Waals surface area contributed by atoms with Gasteiger partial charge in [0.15, 0.2) is 0 Å². The van der Waals surface area contributed by atoms with Crippen LogP contribution in [0.3, 0.4) is 0 Å². The smallest absolute Gasteiger partial charge is 0.0543 e. The summed E-state index contributed by atoms with van der Waals surface area (Å²) in [5, 5.41) is 1.98. The van der Waals surface area contributed by atoms with Gasteiger partial charge in [-0.3, -0.25) is 0 Å². The molecule has 0 fully saturated rings. The Kier molecular flexibility index (Phi) is 2.41. The molecule has 3 aromatic rings. The minimum Gasteiger partial charge on any atom is -0.316 e. The molecule has 0 radical (unpaired) electrons. The highest BCUT2D eigenvalue weighted by atomic mass is 35.5. The van der Waals surface area contributed by atoms with Crippen molar-refractivity contribution in [3.05, 3.63) is 65.3 Å². The van der Waals surface area contributed by atoms with E-state index >= 15 is 0 Å². The van der Waals surface area contributed by atoms with E-state index in [1.54, 1.807) is 0 Å². The standard InChI is InChI=1S/C15H12ClN/c1-11-4-2-3-5-14(11)17-9-8-12-6-7-13(16)10-15(12)17/h2-10H,1H3. The number of halogens is 1. The van der Waals surface area contributed by atoms with Gasteiger partial charge in [-0.15, -0.1) is 0 Å². The molecule has 1 heterocycles. The highest BCUT2D eigenvalue weighted by Crippen LogP contribution is 2.25. The summed E-state index contributed by atoms with van der Waals surface area (Å²) in [4.78, 5) is 0. The third-order valence-corrected chi connectivity index (χ3v) is 3.27. The lowest BCUT2D eigenvalue weighted by Gasteiger charge is -2.08. The van der Waals surface area contributed by atoms with Crippen LogP contribution in [0.1, 0.15) is 5.56 Å². The average molecular weight is 242 g/mol. The molecule has 0 amide bonds. The molecule has 0 N–H and O–H groups in total. The zero-order chi connectivity index (χ0) is 11.8. The van der Waals surface area contributed by atoms with Crippen molar-refractivity contribution >= 4 is 22.5 Å². The quantitative estimate of drug-likeness (QED) is 0.587. The molecule has 2 aromatic carbocycles. The first-order valence-corrected chi connectivity index (χ1v) is 5.96. The van der Waals surface area contributed by atoms with E-state index in [1.165, 1.54) is 16.6 Å². The van der Waals surface area contributed by atoms with Gasteiger partial charge < -0.3 is 4.57 Å². The lowest BCUT2D eigenvalue weighted by Crippen LogP contribution is -1.94. The molecular weight excluding hydrogens is 230 g/mol. The van der Waals surface area contributed by atoms with Gasteiger partial charge in [0.1, 0.15) is 0 Å². The van der Waals surface area contributed by atoms with Crippen LogP contribution in [0, 0.1) is 6.92 Å². The van der Waals surface area contributed by atoms with Crippen LogP contribution in [0.25, 0.3) is 16.6 Å². The Labute approximate surface area is 105 Å². The van der Waals surface area contributed by atoms with Crippen LogP contribution >= 0.6 is 11.6 Å². The van der Waals surface area contributed by atoms with Crippen LogP contribution in [0.15, 0.2) is 54.7 Å². The first-order chi connectivity index (χ1) is 8.25. The number of nitrogens with zero attached hydrogens (tertiary/aromatic N) is 1. The van der Waals surface area contributed by atoms with Gasteiger partial charge in [-0.1, -0.05) is 35.9 Å². The molecule has 1 aromatic heterocycles. The van der Waals surface area contributed by atoms with Crippen molar-refractivity contribution in [2.45, 2.75) is 6.92 Å². The zero-order valence-corrected chi connectivity index (χ0v) is 10.3. The van der Waals surface area contributed by atoms with E-state index in [-0.39, 0.29) is 0 Å². The molecule has 17 heavy (non-hydrogen) atoms. The molecule has 0 saturated heterocycles. The van der Waals surface area contributed by atoms with Gasteiger partial charge in [-0.05, 0) is 36.8 Å². The Morgan fingerprint density at radius 1 is 1.00 bits per heavy atom. The van der Waals surface area contributed by atoms with Crippen molar-refractivity contribution in [2.24, 2.45) is 0 Å². The highest BCUT2D eigenvalue weighted by molar-refractivity contribution is 6.31. The van der Waals surface area contributed by atoms with Gasteiger partial charge in [-0.2, -0.15) is 0 Å². The largest absolute Gasteiger partial charge is 0.316 e. The van der Waals surface area contributed by atoms with Crippen molar-refractivity contribution in [2.75, 3.05) is 0 Å². The fraction of sp³-hybridized carbons (Fsp3) is 0.0667. The summed E-state index contributed by atoms with van der Waals surface area (Å²) in [5.74, 6) is 0. The lowest BCUT2D eigenvalue weighted by atomic mass is 10.2. The van der Waals surface area contributed by atoms with Crippen LogP contribution < -0.4 is 0 Å². The van der Waals surface area contributed by atoms with Crippen molar-refractivity contribution < 1.29 is 0 Å². The number of aromatic nitrogens is 1. The Balaban J connectivity index is 2.31. The summed E-state index contributed by atoms with van der Waals surface area (Å²) < 4.78 is 2.18. The number of benzene rings is 2. The molecule has 84 valence electrons. The normalized spacial score (nSPS) is 10.9. The maximum Gasteiger partial charge on any atom is 0.0543 e. The van der Waals surface area contributed by atoms with Gasteiger partial charge in [0.2, 0.25) is 0 Å². The minimum absolute atomic E-state index is 0.769. The van der Waals surface area contributed by atoms with Gasteiger partial charge in [0.05, 0.1) is 5.52 Å². The second-order valence-electron chi connectivity index (χ2n) is 4.18. The van der Waals surface area contributed by atoms with Crippen LogP contribution in [0.4, 0.5) is 0 Å². The van der Waals surface area contributed by atoms with Crippen molar-refractivity contribution in [1.29, 1.82) is 0 Å². The Hall–Kier alpha value is -1.73. The molecule has 0 aliphatic heterocycles. The van der Waals surface area contributed by atoms with E-state index in [2.05, 4.69) is 48.0 Å². The van der Waals surface area contributed by atoms with Crippen molar-refractivity contribution in [3.63, 3.8) is 0 Å². The number of para-hydroxylation sites is 1. The fourth-order valence-corrected chi connectivity index (χ4v) is 2.31.